The molecule has 1 aromatic rings. The second kappa shape index (κ2) is 11.0. The summed E-state index contributed by atoms with van der Waals surface area (Å²) in [5, 5.41) is 0. The molecular formula is C19H28O3. The molecule has 0 aliphatic heterocycles. The summed E-state index contributed by atoms with van der Waals surface area (Å²) in [5.41, 5.74) is 2.07. The number of benzene rings is 1. The lowest BCUT2D eigenvalue weighted by molar-refractivity contribution is -0.143. The van der Waals surface area contributed by atoms with Crippen molar-refractivity contribution in [1.29, 1.82) is 0 Å². The van der Waals surface area contributed by atoms with E-state index in [-0.39, 0.29) is 11.8 Å². The molecule has 0 spiro atoms. The number of unbranched alkanes of at least 4 members (excludes halogenated alkanes) is 3. The second-order valence-electron chi connectivity index (χ2n) is 5.59. The van der Waals surface area contributed by atoms with Crippen LogP contribution < -0.4 is 0 Å². The fourth-order valence-corrected chi connectivity index (χ4v) is 2.37. The standard InChI is InChI=1S/C19H28O3/c1-3-5-6-9-16-12-14-17(15-13-16)18(20)10-7-8-11-19(21)22-4-2/h12-15H,3-11H2,1-2H3. The highest BCUT2D eigenvalue weighted by atomic mass is 16.5. The largest absolute Gasteiger partial charge is 0.466 e. The molecule has 0 saturated carbocycles. The topological polar surface area (TPSA) is 43.4 Å². The van der Waals surface area contributed by atoms with Crippen molar-refractivity contribution < 1.29 is 14.3 Å². The molecule has 3 nitrogen and oxygen atoms in total. The van der Waals surface area contributed by atoms with E-state index >= 15 is 0 Å². The first-order chi connectivity index (χ1) is 10.7. The molecular weight excluding hydrogens is 276 g/mol. The zero-order valence-corrected chi connectivity index (χ0v) is 13.9. The Morgan fingerprint density at radius 2 is 1.59 bits per heavy atom. The minimum atomic E-state index is -0.175. The Labute approximate surface area is 134 Å². The molecule has 0 N–H and O–H groups in total. The van der Waals surface area contributed by atoms with Crippen LogP contribution in [0.2, 0.25) is 0 Å². The van der Waals surface area contributed by atoms with Gasteiger partial charge in [-0.3, -0.25) is 9.59 Å². The van der Waals surface area contributed by atoms with E-state index in [0.717, 1.165) is 18.4 Å². The van der Waals surface area contributed by atoms with E-state index in [2.05, 4.69) is 19.1 Å². The number of Topliss-reactive ketones (excluding diaryl/α,β-unsaturated/α-hetero) is 1. The van der Waals surface area contributed by atoms with Crippen LogP contribution in [-0.4, -0.2) is 18.4 Å². The summed E-state index contributed by atoms with van der Waals surface area (Å²) in [4.78, 5) is 23.3. The van der Waals surface area contributed by atoms with Gasteiger partial charge in [-0.1, -0.05) is 44.0 Å². The lowest BCUT2D eigenvalue weighted by atomic mass is 10.0. The van der Waals surface area contributed by atoms with Crippen LogP contribution in [0.5, 0.6) is 0 Å². The van der Waals surface area contributed by atoms with Gasteiger partial charge in [-0.05, 0) is 38.2 Å². The maximum Gasteiger partial charge on any atom is 0.305 e. The molecule has 0 aromatic heterocycles. The van der Waals surface area contributed by atoms with Crippen LogP contribution in [0.25, 0.3) is 0 Å². The Morgan fingerprint density at radius 3 is 2.23 bits per heavy atom. The summed E-state index contributed by atoms with van der Waals surface area (Å²) in [6, 6.07) is 7.97. The molecule has 0 fully saturated rings. The second-order valence-corrected chi connectivity index (χ2v) is 5.59. The Kier molecular flexibility index (Phi) is 9.20. The fraction of sp³-hybridized carbons (Fsp3) is 0.579. The number of hydrogen-bond donors (Lipinski definition) is 0. The number of esters is 1. The Hall–Kier alpha value is -1.64. The monoisotopic (exact) mass is 304 g/mol. The highest BCUT2D eigenvalue weighted by molar-refractivity contribution is 5.96. The molecule has 1 aromatic carbocycles. The highest BCUT2D eigenvalue weighted by Gasteiger charge is 2.07. The SMILES string of the molecule is CCCCCc1ccc(C(=O)CCCCC(=O)OCC)cc1. The number of carbonyl (C=O) groups is 2. The Bertz CT molecular complexity index is 448. The summed E-state index contributed by atoms with van der Waals surface area (Å²) in [6.45, 7) is 4.42. The van der Waals surface area contributed by atoms with Crippen LogP contribution in [0.15, 0.2) is 24.3 Å². The third kappa shape index (κ3) is 7.39. The van der Waals surface area contributed by atoms with Crippen molar-refractivity contribution in [3.8, 4) is 0 Å². The number of aryl methyl sites for hydroxylation is 1. The molecule has 0 radical (unpaired) electrons. The first-order valence-electron chi connectivity index (χ1n) is 8.45. The van der Waals surface area contributed by atoms with Crippen molar-refractivity contribution in [2.24, 2.45) is 0 Å². The van der Waals surface area contributed by atoms with Crippen molar-refractivity contribution in [1.82, 2.24) is 0 Å². The minimum Gasteiger partial charge on any atom is -0.466 e. The number of carbonyl (C=O) groups excluding carboxylic acids is 2. The first kappa shape index (κ1) is 18.4. The summed E-state index contributed by atoms with van der Waals surface area (Å²) in [6.07, 6.45) is 7.10. The maximum absolute atomic E-state index is 12.1. The van der Waals surface area contributed by atoms with E-state index in [4.69, 9.17) is 4.74 Å². The van der Waals surface area contributed by atoms with Crippen molar-refractivity contribution in [3.05, 3.63) is 35.4 Å². The highest BCUT2D eigenvalue weighted by Crippen LogP contribution is 2.12. The van der Waals surface area contributed by atoms with Crippen LogP contribution in [0.3, 0.4) is 0 Å². The fourth-order valence-electron chi connectivity index (χ4n) is 2.37. The molecule has 0 aliphatic rings. The van der Waals surface area contributed by atoms with Gasteiger partial charge in [-0.25, -0.2) is 0 Å². The van der Waals surface area contributed by atoms with E-state index in [1.165, 1.54) is 24.8 Å². The molecule has 0 aliphatic carbocycles. The van der Waals surface area contributed by atoms with E-state index in [9.17, 15) is 9.59 Å². The summed E-state index contributed by atoms with van der Waals surface area (Å²) >= 11 is 0. The smallest absolute Gasteiger partial charge is 0.305 e. The van der Waals surface area contributed by atoms with Crippen LogP contribution in [-0.2, 0) is 16.0 Å². The quantitative estimate of drug-likeness (QED) is 0.337. The number of hydrogen-bond acceptors (Lipinski definition) is 3. The van der Waals surface area contributed by atoms with Crippen LogP contribution in [0, 0.1) is 0 Å². The van der Waals surface area contributed by atoms with Crippen molar-refractivity contribution in [3.63, 3.8) is 0 Å². The maximum atomic E-state index is 12.1. The van der Waals surface area contributed by atoms with Gasteiger partial charge in [-0.15, -0.1) is 0 Å². The van der Waals surface area contributed by atoms with Gasteiger partial charge in [-0.2, -0.15) is 0 Å². The number of ketones is 1. The van der Waals surface area contributed by atoms with Gasteiger partial charge >= 0.3 is 5.97 Å². The molecule has 1 rings (SSSR count). The van der Waals surface area contributed by atoms with Gasteiger partial charge in [0.05, 0.1) is 6.61 Å². The average Bonchev–Trinajstić information content (AvgIpc) is 2.52. The lowest BCUT2D eigenvalue weighted by Crippen LogP contribution is -2.04. The summed E-state index contributed by atoms with van der Waals surface area (Å²) in [5.74, 6) is -0.0182. The van der Waals surface area contributed by atoms with Gasteiger partial charge in [0.15, 0.2) is 5.78 Å². The summed E-state index contributed by atoms with van der Waals surface area (Å²) in [7, 11) is 0. The predicted molar refractivity (Wildman–Crippen MR) is 89.1 cm³/mol. The predicted octanol–water partition coefficient (Wildman–Crippen LogP) is 4.73. The normalized spacial score (nSPS) is 10.5. The van der Waals surface area contributed by atoms with Crippen molar-refractivity contribution in [2.75, 3.05) is 6.61 Å². The zero-order chi connectivity index (χ0) is 16.2. The number of rotatable bonds is 11. The Morgan fingerprint density at radius 1 is 0.909 bits per heavy atom. The van der Waals surface area contributed by atoms with Gasteiger partial charge in [0.1, 0.15) is 0 Å². The number of ether oxygens (including phenoxy) is 1. The van der Waals surface area contributed by atoms with E-state index in [1.54, 1.807) is 6.92 Å². The molecule has 0 unspecified atom stereocenters. The van der Waals surface area contributed by atoms with Crippen LogP contribution in [0.1, 0.15) is 74.7 Å². The third-order valence-electron chi connectivity index (χ3n) is 3.68. The molecule has 0 saturated heterocycles. The molecule has 0 heterocycles. The van der Waals surface area contributed by atoms with Gasteiger partial charge < -0.3 is 4.74 Å². The molecule has 0 bridgehead atoms. The average molecular weight is 304 g/mol. The molecule has 22 heavy (non-hydrogen) atoms. The van der Waals surface area contributed by atoms with Crippen molar-refractivity contribution >= 4 is 11.8 Å². The zero-order valence-electron chi connectivity index (χ0n) is 13.9. The van der Waals surface area contributed by atoms with Crippen LogP contribution in [0.4, 0.5) is 0 Å². The first-order valence-corrected chi connectivity index (χ1v) is 8.45. The van der Waals surface area contributed by atoms with Gasteiger partial charge in [0.2, 0.25) is 0 Å². The van der Waals surface area contributed by atoms with E-state index in [0.29, 0.717) is 25.9 Å². The van der Waals surface area contributed by atoms with E-state index < -0.39 is 0 Å². The van der Waals surface area contributed by atoms with Gasteiger partial charge in [0.25, 0.3) is 0 Å². The van der Waals surface area contributed by atoms with Crippen LogP contribution >= 0.6 is 0 Å². The summed E-state index contributed by atoms with van der Waals surface area (Å²) < 4.78 is 4.86. The molecule has 0 amide bonds. The Balaban J connectivity index is 2.29. The minimum absolute atomic E-state index is 0.156. The third-order valence-corrected chi connectivity index (χ3v) is 3.68. The lowest BCUT2D eigenvalue weighted by Gasteiger charge is -2.04. The molecule has 0 atom stereocenters. The molecule has 122 valence electrons. The van der Waals surface area contributed by atoms with Gasteiger partial charge in [0, 0.05) is 18.4 Å². The molecule has 3 heteroatoms. The van der Waals surface area contributed by atoms with E-state index in [1.807, 2.05) is 12.1 Å². The van der Waals surface area contributed by atoms with Crippen molar-refractivity contribution in [2.45, 2.75) is 65.2 Å².